The molecule has 1 amide bonds. The molecule has 4 rings (SSSR count). The summed E-state index contributed by atoms with van der Waals surface area (Å²) in [5.41, 5.74) is 2.83. The molecule has 3 aromatic rings. The molecule has 0 bridgehead atoms. The first kappa shape index (κ1) is 20.5. The Kier molecular flexibility index (Phi) is 6.11. The molecule has 1 aliphatic heterocycles. The number of H-pyrrole nitrogens is 1. The Morgan fingerprint density at radius 3 is 2.83 bits per heavy atom. The molecule has 6 nitrogen and oxygen atoms in total. The number of rotatable bonds is 6. The average molecular weight is 442 g/mol. The number of aromatic nitrogens is 1. The van der Waals surface area contributed by atoms with Crippen LogP contribution in [0.25, 0.3) is 10.9 Å². The minimum absolute atomic E-state index is 0.0208. The lowest BCUT2D eigenvalue weighted by atomic mass is 10.1. The van der Waals surface area contributed by atoms with Crippen LogP contribution in [0.15, 0.2) is 59.7 Å². The zero-order chi connectivity index (χ0) is 21.1. The molecule has 8 heteroatoms. The van der Waals surface area contributed by atoms with E-state index in [-0.39, 0.29) is 12.3 Å². The number of ether oxygens (including phenoxy) is 1. The smallest absolute Gasteiger partial charge is 0.307 e. The second-order valence-corrected chi connectivity index (χ2v) is 8.47. The number of nitrogens with one attached hydrogen (secondary N) is 1. The van der Waals surface area contributed by atoms with E-state index in [4.69, 9.17) is 16.3 Å². The zero-order valence-electron chi connectivity index (χ0n) is 16.3. The van der Waals surface area contributed by atoms with Gasteiger partial charge in [0, 0.05) is 28.7 Å². The van der Waals surface area contributed by atoms with Crippen molar-refractivity contribution in [1.82, 2.24) is 9.88 Å². The van der Waals surface area contributed by atoms with Gasteiger partial charge in [-0.3, -0.25) is 14.5 Å². The van der Waals surface area contributed by atoms with Crippen LogP contribution in [0.4, 0.5) is 5.69 Å². The highest BCUT2D eigenvalue weighted by molar-refractivity contribution is 8.15. The summed E-state index contributed by atoms with van der Waals surface area (Å²) in [5, 5.41) is 1.77. The normalized spacial score (nSPS) is 17.8. The van der Waals surface area contributed by atoms with Crippen molar-refractivity contribution in [3.8, 4) is 0 Å². The molecule has 1 atom stereocenters. The van der Waals surface area contributed by atoms with Gasteiger partial charge in [-0.15, -0.1) is 0 Å². The number of aromatic amines is 1. The van der Waals surface area contributed by atoms with Crippen molar-refractivity contribution in [2.75, 3.05) is 13.7 Å². The van der Waals surface area contributed by atoms with Gasteiger partial charge in [0.2, 0.25) is 5.91 Å². The first-order valence-corrected chi connectivity index (χ1v) is 10.7. The molecule has 1 N–H and O–H groups in total. The summed E-state index contributed by atoms with van der Waals surface area (Å²) in [5.74, 6) is -0.536. The fourth-order valence-electron chi connectivity index (χ4n) is 3.37. The van der Waals surface area contributed by atoms with Gasteiger partial charge in [-0.2, -0.15) is 0 Å². The highest BCUT2D eigenvalue weighted by Crippen LogP contribution is 2.32. The van der Waals surface area contributed by atoms with Gasteiger partial charge in [0.05, 0.1) is 19.2 Å². The molecule has 30 heavy (non-hydrogen) atoms. The van der Waals surface area contributed by atoms with Crippen LogP contribution >= 0.6 is 23.4 Å². The summed E-state index contributed by atoms with van der Waals surface area (Å²) in [6, 6.07) is 15.2. The summed E-state index contributed by atoms with van der Waals surface area (Å²) >= 11 is 7.45. The number of fused-ring (bicyclic) bond motifs is 1. The number of para-hydroxylation sites is 1. The lowest BCUT2D eigenvalue weighted by molar-refractivity contribution is -0.142. The van der Waals surface area contributed by atoms with E-state index in [1.807, 2.05) is 54.7 Å². The van der Waals surface area contributed by atoms with E-state index in [2.05, 4.69) is 9.98 Å². The molecule has 1 fully saturated rings. The number of halogens is 1. The largest absolute Gasteiger partial charge is 0.469 e. The third-order valence-corrected chi connectivity index (χ3v) is 6.33. The Morgan fingerprint density at radius 1 is 1.27 bits per heavy atom. The number of carbonyl (C=O) groups excluding carboxylic acids is 2. The fourth-order valence-corrected chi connectivity index (χ4v) is 4.71. The number of amides is 1. The Bertz CT molecular complexity index is 1110. The first-order valence-electron chi connectivity index (χ1n) is 9.49. The van der Waals surface area contributed by atoms with E-state index in [1.54, 1.807) is 4.90 Å². The number of hydrogen-bond acceptors (Lipinski definition) is 5. The van der Waals surface area contributed by atoms with Crippen molar-refractivity contribution in [2.45, 2.75) is 18.1 Å². The number of aliphatic imine (C=N–C) groups is 1. The Labute approximate surface area is 183 Å². The maximum atomic E-state index is 13.0. The quantitative estimate of drug-likeness (QED) is 0.569. The number of nitrogens with zero attached hydrogens (tertiary/aromatic N) is 2. The van der Waals surface area contributed by atoms with Crippen LogP contribution in [0.2, 0.25) is 5.02 Å². The molecule has 2 aromatic carbocycles. The number of hydrogen-bond donors (Lipinski definition) is 1. The van der Waals surface area contributed by atoms with E-state index in [9.17, 15) is 9.59 Å². The molecule has 1 aromatic heterocycles. The second-order valence-electron chi connectivity index (χ2n) is 6.86. The van der Waals surface area contributed by atoms with E-state index >= 15 is 0 Å². The van der Waals surface area contributed by atoms with Gasteiger partial charge in [0.1, 0.15) is 5.25 Å². The molecule has 0 radical (unpaired) electrons. The SMILES string of the molecule is COC(=O)C[C@@H]1SC(=Nc2ccccc2)N(CCc2c[nH]c3ccc(Cl)cc23)C1=O. The van der Waals surface area contributed by atoms with Crippen LogP contribution in [0, 0.1) is 0 Å². The van der Waals surface area contributed by atoms with Crippen LogP contribution in [0.5, 0.6) is 0 Å². The van der Waals surface area contributed by atoms with E-state index in [0.29, 0.717) is 23.2 Å². The number of amidine groups is 1. The van der Waals surface area contributed by atoms with Crippen molar-refractivity contribution in [2.24, 2.45) is 4.99 Å². The molecule has 2 heterocycles. The van der Waals surface area contributed by atoms with Crippen LogP contribution < -0.4 is 0 Å². The van der Waals surface area contributed by atoms with Gasteiger partial charge in [0.15, 0.2) is 5.17 Å². The van der Waals surface area contributed by atoms with Gasteiger partial charge < -0.3 is 9.72 Å². The molecule has 0 saturated carbocycles. The molecule has 0 spiro atoms. The number of thioether (sulfide) groups is 1. The summed E-state index contributed by atoms with van der Waals surface area (Å²) in [6.07, 6.45) is 2.59. The summed E-state index contributed by atoms with van der Waals surface area (Å²) < 4.78 is 4.75. The van der Waals surface area contributed by atoms with Gasteiger partial charge in [-0.1, -0.05) is 41.6 Å². The van der Waals surface area contributed by atoms with Crippen molar-refractivity contribution < 1.29 is 14.3 Å². The number of esters is 1. The molecule has 1 saturated heterocycles. The van der Waals surface area contributed by atoms with Crippen LogP contribution in [-0.4, -0.2) is 45.8 Å². The molecule has 0 aliphatic carbocycles. The predicted octanol–water partition coefficient (Wildman–Crippen LogP) is 4.56. The van der Waals surface area contributed by atoms with Crippen LogP contribution in [0.3, 0.4) is 0 Å². The lowest BCUT2D eigenvalue weighted by Crippen LogP contribution is -2.34. The predicted molar refractivity (Wildman–Crippen MR) is 120 cm³/mol. The van der Waals surface area contributed by atoms with Gasteiger partial charge in [0.25, 0.3) is 0 Å². The summed E-state index contributed by atoms with van der Waals surface area (Å²) in [7, 11) is 1.32. The maximum Gasteiger partial charge on any atom is 0.307 e. The summed E-state index contributed by atoms with van der Waals surface area (Å²) in [6.45, 7) is 0.453. The molecular formula is C22H20ClN3O3S. The maximum absolute atomic E-state index is 13.0. The topological polar surface area (TPSA) is 74.8 Å². The second kappa shape index (κ2) is 8.93. The highest BCUT2D eigenvalue weighted by Gasteiger charge is 2.39. The van der Waals surface area contributed by atoms with E-state index in [1.165, 1.54) is 18.9 Å². The number of carbonyl (C=O) groups is 2. The van der Waals surface area contributed by atoms with Crippen molar-refractivity contribution in [3.05, 3.63) is 65.3 Å². The van der Waals surface area contributed by atoms with Crippen molar-refractivity contribution in [3.63, 3.8) is 0 Å². The minimum atomic E-state index is -0.530. The Balaban J connectivity index is 1.58. The lowest BCUT2D eigenvalue weighted by Gasteiger charge is -2.16. The van der Waals surface area contributed by atoms with Gasteiger partial charge in [-0.25, -0.2) is 4.99 Å². The first-order chi connectivity index (χ1) is 14.5. The zero-order valence-corrected chi connectivity index (χ0v) is 17.9. The highest BCUT2D eigenvalue weighted by atomic mass is 35.5. The third kappa shape index (κ3) is 4.37. The monoisotopic (exact) mass is 441 g/mol. The van der Waals surface area contributed by atoms with Gasteiger partial charge in [-0.05, 0) is 42.3 Å². The van der Waals surface area contributed by atoms with Crippen molar-refractivity contribution in [1.29, 1.82) is 0 Å². The summed E-state index contributed by atoms with van der Waals surface area (Å²) in [4.78, 5) is 34.3. The fraction of sp³-hybridized carbons (Fsp3) is 0.227. The molecule has 154 valence electrons. The van der Waals surface area contributed by atoms with Crippen LogP contribution in [0.1, 0.15) is 12.0 Å². The van der Waals surface area contributed by atoms with Crippen molar-refractivity contribution >= 4 is 57.0 Å². The van der Waals surface area contributed by atoms with Crippen LogP contribution in [-0.2, 0) is 20.7 Å². The molecule has 1 aliphatic rings. The average Bonchev–Trinajstić information content (AvgIpc) is 3.27. The standard InChI is InChI=1S/C22H20ClN3O3S/c1-29-20(27)12-19-21(28)26(22(30-19)25-16-5-3-2-4-6-16)10-9-14-13-24-18-8-7-15(23)11-17(14)18/h2-8,11,13,19,24H,9-10,12H2,1H3/t19-/m0/s1. The third-order valence-electron chi connectivity index (χ3n) is 4.91. The Hall–Kier alpha value is -2.77. The minimum Gasteiger partial charge on any atom is -0.469 e. The number of methoxy groups -OCH3 is 1. The number of benzene rings is 2. The Morgan fingerprint density at radius 2 is 2.07 bits per heavy atom. The van der Waals surface area contributed by atoms with E-state index < -0.39 is 11.2 Å². The van der Waals surface area contributed by atoms with E-state index in [0.717, 1.165) is 22.2 Å². The molecular weight excluding hydrogens is 422 g/mol. The molecule has 0 unspecified atom stereocenters. The van der Waals surface area contributed by atoms with Gasteiger partial charge >= 0.3 is 5.97 Å².